The average molecular weight is 731 g/mol. The van der Waals surface area contributed by atoms with Gasteiger partial charge in [-0.25, -0.2) is 0 Å². The van der Waals surface area contributed by atoms with E-state index in [0.717, 1.165) is 55.8 Å². The van der Waals surface area contributed by atoms with E-state index >= 15 is 0 Å². The highest BCUT2D eigenvalue weighted by molar-refractivity contribution is 7.43. The Kier molecular flexibility index (Phi) is 17.6. The van der Waals surface area contributed by atoms with Crippen molar-refractivity contribution < 1.29 is 13.6 Å². The smallest absolute Gasteiger partial charge is 0.408 e. The second-order valence-corrected chi connectivity index (χ2v) is 18.1. The summed E-state index contributed by atoms with van der Waals surface area (Å²) >= 11 is 0. The molecule has 0 bridgehead atoms. The van der Waals surface area contributed by atoms with E-state index < -0.39 is 8.60 Å². The van der Waals surface area contributed by atoms with Gasteiger partial charge < -0.3 is 13.6 Å². The number of hydrogen-bond acceptors (Lipinski definition) is 3. The van der Waals surface area contributed by atoms with E-state index in [1.54, 1.807) is 0 Å². The maximum atomic E-state index is 7.19. The Bertz CT molecular complexity index is 1320. The summed E-state index contributed by atoms with van der Waals surface area (Å²) in [6, 6.07) is 20.5. The number of aryl methyl sites for hydroxylation is 3. The zero-order chi connectivity index (χ0) is 38.4. The van der Waals surface area contributed by atoms with Crippen molar-refractivity contribution >= 4 is 8.60 Å². The fraction of sp³-hybridized carbons (Fsp3) is 0.625. The fourth-order valence-corrected chi connectivity index (χ4v) is 8.46. The van der Waals surface area contributed by atoms with Gasteiger partial charge in [-0.1, -0.05) is 177 Å². The molecule has 0 atom stereocenters. The molecule has 0 aliphatic carbocycles. The lowest BCUT2D eigenvalue weighted by atomic mass is 9.79. The number of unbranched alkanes of at least 4 members (excludes halogenated alkanes) is 6. The first-order valence-electron chi connectivity index (χ1n) is 21.0. The van der Waals surface area contributed by atoms with Crippen LogP contribution in [0, 0.1) is 0 Å². The summed E-state index contributed by atoms with van der Waals surface area (Å²) in [5.41, 5.74) is 7.29. The molecule has 0 radical (unpaired) electrons. The summed E-state index contributed by atoms with van der Waals surface area (Å²) in [5, 5.41) is 0. The molecule has 4 heteroatoms. The van der Waals surface area contributed by atoms with E-state index in [9.17, 15) is 0 Å². The largest absolute Gasteiger partial charge is 0.530 e. The minimum atomic E-state index is -1.88. The van der Waals surface area contributed by atoms with E-state index in [-0.39, 0.29) is 16.2 Å². The second-order valence-electron chi connectivity index (χ2n) is 17.1. The average Bonchev–Trinajstić information content (AvgIpc) is 3.11. The lowest BCUT2D eigenvalue weighted by molar-refractivity contribution is 0.359. The Hall–Kier alpha value is -2.51. The van der Waals surface area contributed by atoms with Crippen molar-refractivity contribution in [2.75, 3.05) is 0 Å². The van der Waals surface area contributed by atoms with Crippen molar-refractivity contribution in [2.45, 2.75) is 196 Å². The molecular weight excluding hydrogens is 655 g/mol. The molecule has 0 N–H and O–H groups in total. The molecule has 0 saturated carbocycles. The Morgan fingerprint density at radius 1 is 0.404 bits per heavy atom. The Balaban J connectivity index is 2.22. The molecule has 3 aromatic rings. The van der Waals surface area contributed by atoms with Gasteiger partial charge >= 0.3 is 8.60 Å². The second kappa shape index (κ2) is 20.8. The van der Waals surface area contributed by atoms with Gasteiger partial charge in [-0.15, -0.1) is 0 Å². The zero-order valence-electron chi connectivity index (χ0n) is 35.5. The van der Waals surface area contributed by atoms with Crippen LogP contribution in [0.5, 0.6) is 17.2 Å². The molecule has 0 aliphatic rings. The molecule has 52 heavy (non-hydrogen) atoms. The first-order chi connectivity index (χ1) is 24.7. The lowest BCUT2D eigenvalue weighted by Crippen LogP contribution is -2.21. The monoisotopic (exact) mass is 731 g/mol. The summed E-state index contributed by atoms with van der Waals surface area (Å²) in [6.45, 7) is 27.7. The SMILES string of the molecule is CCCCCC(C)(C)c1ccc(CC)cc1OP(Oc1cc(CC)ccc1C(C)(C)CCCCC)Oc1cc(CC)ccc1C(C)(C)CCCCC. The quantitative estimate of drug-likeness (QED) is 0.0678. The maximum absolute atomic E-state index is 7.19. The molecule has 0 spiro atoms. The molecule has 0 heterocycles. The highest BCUT2D eigenvalue weighted by Gasteiger charge is 2.33. The van der Waals surface area contributed by atoms with Crippen molar-refractivity contribution in [2.24, 2.45) is 0 Å². The Morgan fingerprint density at radius 3 is 0.904 bits per heavy atom. The fourth-order valence-electron chi connectivity index (χ4n) is 7.42. The van der Waals surface area contributed by atoms with Gasteiger partial charge in [-0.05, 0) is 89.7 Å². The van der Waals surface area contributed by atoms with Crippen LogP contribution in [-0.4, -0.2) is 0 Å². The van der Waals surface area contributed by atoms with Gasteiger partial charge in [-0.2, -0.15) is 0 Å². The predicted octanol–water partition coefficient (Wildman–Crippen LogP) is 15.7. The van der Waals surface area contributed by atoms with Crippen LogP contribution < -0.4 is 13.6 Å². The first-order valence-corrected chi connectivity index (χ1v) is 22.1. The van der Waals surface area contributed by atoms with Gasteiger partial charge in [0.1, 0.15) is 17.2 Å². The standard InChI is InChI=1S/C48H75O3P/c1-13-19-22-31-46(7,8)40-28-25-37(16-4)34-43(40)49-52(50-44-35-38(17-5)26-29-41(44)47(9,10)32-23-20-14-2)51-45-36-39(18-6)27-30-42(45)48(11,12)33-24-21-15-3/h25-30,34-36H,13-24,31-33H2,1-12H3. The van der Waals surface area contributed by atoms with Gasteiger partial charge in [0.05, 0.1) is 0 Å². The van der Waals surface area contributed by atoms with Crippen LogP contribution in [0.25, 0.3) is 0 Å². The number of rotatable bonds is 24. The first kappa shape index (κ1) is 43.9. The summed E-state index contributed by atoms with van der Waals surface area (Å²) < 4.78 is 21.6. The van der Waals surface area contributed by atoms with Gasteiger partial charge in [0.15, 0.2) is 0 Å². The number of benzene rings is 3. The van der Waals surface area contributed by atoms with Crippen LogP contribution in [0.2, 0.25) is 0 Å². The van der Waals surface area contributed by atoms with Crippen molar-refractivity contribution in [3.8, 4) is 17.2 Å². The van der Waals surface area contributed by atoms with Gasteiger partial charge in [0.2, 0.25) is 0 Å². The molecule has 0 aliphatic heterocycles. The molecule has 3 nitrogen and oxygen atoms in total. The molecule has 0 unspecified atom stereocenters. The van der Waals surface area contributed by atoms with E-state index in [1.807, 2.05) is 0 Å². The molecule has 0 saturated heterocycles. The van der Waals surface area contributed by atoms with E-state index in [0.29, 0.717) is 0 Å². The van der Waals surface area contributed by atoms with Crippen molar-refractivity contribution in [3.63, 3.8) is 0 Å². The molecule has 0 aromatic heterocycles. The third-order valence-electron chi connectivity index (χ3n) is 11.3. The minimum Gasteiger partial charge on any atom is -0.408 e. The van der Waals surface area contributed by atoms with E-state index in [4.69, 9.17) is 13.6 Å². The Labute approximate surface area is 322 Å². The van der Waals surface area contributed by atoms with Crippen molar-refractivity contribution in [1.29, 1.82) is 0 Å². The molecule has 0 amide bonds. The van der Waals surface area contributed by atoms with Crippen LogP contribution >= 0.6 is 8.60 Å². The summed E-state index contributed by atoms with van der Waals surface area (Å²) in [5.74, 6) is 2.66. The topological polar surface area (TPSA) is 27.7 Å². The van der Waals surface area contributed by atoms with Crippen molar-refractivity contribution in [1.82, 2.24) is 0 Å². The summed E-state index contributed by atoms with van der Waals surface area (Å²) in [7, 11) is -1.88. The molecular formula is C48H75O3P. The maximum Gasteiger partial charge on any atom is 0.530 e. The normalized spacial score (nSPS) is 12.4. The molecule has 3 aromatic carbocycles. The van der Waals surface area contributed by atoms with Gasteiger partial charge in [-0.3, -0.25) is 0 Å². The van der Waals surface area contributed by atoms with Crippen LogP contribution in [0.3, 0.4) is 0 Å². The lowest BCUT2D eigenvalue weighted by Gasteiger charge is -2.32. The van der Waals surface area contributed by atoms with Gasteiger partial charge in [0.25, 0.3) is 0 Å². The molecule has 0 fully saturated rings. The summed E-state index contributed by atoms with van der Waals surface area (Å²) in [4.78, 5) is 0. The third kappa shape index (κ3) is 12.5. The van der Waals surface area contributed by atoms with Crippen LogP contribution in [0.4, 0.5) is 0 Å². The van der Waals surface area contributed by atoms with E-state index in [1.165, 1.54) is 91.2 Å². The number of hydrogen-bond donors (Lipinski definition) is 0. The summed E-state index contributed by atoms with van der Waals surface area (Å²) in [6.07, 6.45) is 17.1. The predicted molar refractivity (Wildman–Crippen MR) is 228 cm³/mol. The minimum absolute atomic E-state index is 0.0547. The van der Waals surface area contributed by atoms with Crippen LogP contribution in [0.15, 0.2) is 54.6 Å². The van der Waals surface area contributed by atoms with E-state index in [2.05, 4.69) is 138 Å². The molecule has 290 valence electrons. The third-order valence-corrected chi connectivity index (χ3v) is 12.3. The highest BCUT2D eigenvalue weighted by Crippen LogP contribution is 2.51. The molecule has 3 rings (SSSR count). The Morgan fingerprint density at radius 2 is 0.673 bits per heavy atom. The van der Waals surface area contributed by atoms with Crippen molar-refractivity contribution in [3.05, 3.63) is 88.0 Å². The van der Waals surface area contributed by atoms with Gasteiger partial charge in [0, 0.05) is 16.7 Å². The highest BCUT2D eigenvalue weighted by atomic mass is 31.2. The zero-order valence-corrected chi connectivity index (χ0v) is 36.4. The van der Waals surface area contributed by atoms with Crippen LogP contribution in [-0.2, 0) is 35.5 Å². The van der Waals surface area contributed by atoms with Crippen LogP contribution in [0.1, 0.15) is 194 Å².